The summed E-state index contributed by atoms with van der Waals surface area (Å²) in [6.07, 6.45) is -1.05. The van der Waals surface area contributed by atoms with Gasteiger partial charge in [-0.15, -0.1) is 0 Å². The second-order valence-electron chi connectivity index (χ2n) is 3.70. The molecule has 94 valence electrons. The van der Waals surface area contributed by atoms with Crippen molar-refractivity contribution in [1.82, 2.24) is 10.3 Å². The third-order valence-electron chi connectivity index (χ3n) is 2.41. The van der Waals surface area contributed by atoms with Gasteiger partial charge < -0.3 is 20.8 Å². The SMILES string of the molecule is O=C(O)NCCNc1ccc2cccc(O)c2n1. The minimum Gasteiger partial charge on any atom is -0.506 e. The minimum absolute atomic E-state index is 0.125. The van der Waals surface area contributed by atoms with Crippen LogP contribution in [0.15, 0.2) is 30.3 Å². The number of rotatable bonds is 4. The largest absolute Gasteiger partial charge is 0.506 e. The lowest BCUT2D eigenvalue weighted by Crippen LogP contribution is -2.27. The predicted octanol–water partition coefficient (Wildman–Crippen LogP) is 1.62. The summed E-state index contributed by atoms with van der Waals surface area (Å²) in [6.45, 7) is 0.716. The van der Waals surface area contributed by atoms with Crippen molar-refractivity contribution in [3.8, 4) is 5.75 Å². The number of pyridine rings is 1. The van der Waals surface area contributed by atoms with Gasteiger partial charge >= 0.3 is 6.09 Å². The molecule has 1 aromatic carbocycles. The molecule has 0 atom stereocenters. The number of hydrogen-bond donors (Lipinski definition) is 4. The van der Waals surface area contributed by atoms with Crippen LogP contribution in [0.5, 0.6) is 5.75 Å². The van der Waals surface area contributed by atoms with Crippen LogP contribution in [0.1, 0.15) is 0 Å². The molecular weight excluding hydrogens is 234 g/mol. The van der Waals surface area contributed by atoms with Gasteiger partial charge in [-0.1, -0.05) is 12.1 Å². The summed E-state index contributed by atoms with van der Waals surface area (Å²) in [7, 11) is 0. The number of aromatic nitrogens is 1. The molecule has 0 fully saturated rings. The van der Waals surface area contributed by atoms with Crippen LogP contribution >= 0.6 is 0 Å². The molecule has 0 saturated carbocycles. The Morgan fingerprint density at radius 3 is 2.83 bits per heavy atom. The van der Waals surface area contributed by atoms with E-state index in [-0.39, 0.29) is 12.3 Å². The number of nitrogens with zero attached hydrogens (tertiary/aromatic N) is 1. The van der Waals surface area contributed by atoms with E-state index in [1.54, 1.807) is 18.2 Å². The highest BCUT2D eigenvalue weighted by Gasteiger charge is 2.02. The number of hydrogen-bond acceptors (Lipinski definition) is 4. The summed E-state index contributed by atoms with van der Waals surface area (Å²) in [4.78, 5) is 14.5. The Morgan fingerprint density at radius 2 is 2.06 bits per heavy atom. The molecule has 4 N–H and O–H groups in total. The van der Waals surface area contributed by atoms with Crippen molar-refractivity contribution in [3.05, 3.63) is 30.3 Å². The van der Waals surface area contributed by atoms with Gasteiger partial charge in [0.2, 0.25) is 0 Å². The number of fused-ring (bicyclic) bond motifs is 1. The molecule has 0 saturated heterocycles. The van der Waals surface area contributed by atoms with Gasteiger partial charge in [0, 0.05) is 18.5 Å². The van der Waals surface area contributed by atoms with Gasteiger partial charge in [-0.25, -0.2) is 9.78 Å². The number of carboxylic acid groups (broad SMARTS) is 1. The van der Waals surface area contributed by atoms with Crippen molar-refractivity contribution in [2.45, 2.75) is 0 Å². The van der Waals surface area contributed by atoms with E-state index in [1.165, 1.54) is 0 Å². The summed E-state index contributed by atoms with van der Waals surface area (Å²) in [5.74, 6) is 0.719. The topological polar surface area (TPSA) is 94.5 Å². The van der Waals surface area contributed by atoms with E-state index in [9.17, 15) is 9.90 Å². The monoisotopic (exact) mass is 247 g/mol. The third kappa shape index (κ3) is 2.79. The first-order valence-electron chi connectivity index (χ1n) is 5.46. The zero-order valence-electron chi connectivity index (χ0n) is 9.55. The van der Waals surface area contributed by atoms with Crippen LogP contribution in [-0.2, 0) is 0 Å². The number of phenols is 1. The molecule has 6 heteroatoms. The smallest absolute Gasteiger partial charge is 0.404 e. The number of para-hydroxylation sites is 1. The quantitative estimate of drug-likeness (QED) is 0.616. The first kappa shape index (κ1) is 12.0. The molecule has 0 unspecified atom stereocenters. The maximum atomic E-state index is 10.2. The molecular formula is C12H13N3O3. The molecule has 2 rings (SSSR count). The molecule has 2 aromatic rings. The summed E-state index contributed by atoms with van der Waals surface area (Å²) < 4.78 is 0. The number of benzene rings is 1. The van der Waals surface area contributed by atoms with Gasteiger partial charge in [0.05, 0.1) is 0 Å². The lowest BCUT2D eigenvalue weighted by Gasteiger charge is -2.07. The molecule has 0 aliphatic carbocycles. The predicted molar refractivity (Wildman–Crippen MR) is 67.9 cm³/mol. The maximum Gasteiger partial charge on any atom is 0.404 e. The molecule has 0 radical (unpaired) electrons. The lowest BCUT2D eigenvalue weighted by molar-refractivity contribution is 0.195. The van der Waals surface area contributed by atoms with Crippen LogP contribution < -0.4 is 10.6 Å². The van der Waals surface area contributed by atoms with Crippen molar-refractivity contribution in [2.75, 3.05) is 18.4 Å². The Bertz CT molecular complexity index is 571. The van der Waals surface area contributed by atoms with E-state index in [4.69, 9.17) is 5.11 Å². The summed E-state index contributed by atoms with van der Waals surface area (Å²) >= 11 is 0. The zero-order chi connectivity index (χ0) is 13.0. The van der Waals surface area contributed by atoms with Gasteiger partial charge in [-0.05, 0) is 18.2 Å². The molecule has 18 heavy (non-hydrogen) atoms. The fraction of sp³-hybridized carbons (Fsp3) is 0.167. The molecule has 1 aromatic heterocycles. The van der Waals surface area contributed by atoms with Crippen LogP contribution in [-0.4, -0.2) is 34.4 Å². The highest BCUT2D eigenvalue weighted by atomic mass is 16.4. The average molecular weight is 247 g/mol. The van der Waals surface area contributed by atoms with Crippen LogP contribution in [0, 0.1) is 0 Å². The van der Waals surface area contributed by atoms with Gasteiger partial charge in [-0.3, -0.25) is 0 Å². The number of aromatic hydroxyl groups is 1. The van der Waals surface area contributed by atoms with E-state index in [1.807, 2.05) is 12.1 Å². The zero-order valence-corrected chi connectivity index (χ0v) is 9.55. The van der Waals surface area contributed by atoms with Gasteiger partial charge in [0.15, 0.2) is 0 Å². The average Bonchev–Trinajstić information content (AvgIpc) is 2.35. The summed E-state index contributed by atoms with van der Waals surface area (Å²) in [5, 5.41) is 24.1. The Labute approximate surface area is 103 Å². The van der Waals surface area contributed by atoms with E-state index >= 15 is 0 Å². The van der Waals surface area contributed by atoms with Crippen LogP contribution in [0.3, 0.4) is 0 Å². The number of carbonyl (C=O) groups is 1. The second kappa shape index (κ2) is 5.22. The number of phenolic OH excluding ortho intramolecular Hbond substituents is 1. The van der Waals surface area contributed by atoms with Crippen molar-refractivity contribution in [3.63, 3.8) is 0 Å². The van der Waals surface area contributed by atoms with Gasteiger partial charge in [0.25, 0.3) is 0 Å². The fourth-order valence-corrected chi connectivity index (χ4v) is 1.59. The molecule has 0 bridgehead atoms. The van der Waals surface area contributed by atoms with Crippen molar-refractivity contribution >= 4 is 22.8 Å². The Kier molecular flexibility index (Phi) is 3.47. The first-order valence-corrected chi connectivity index (χ1v) is 5.46. The van der Waals surface area contributed by atoms with E-state index in [0.717, 1.165) is 5.39 Å². The van der Waals surface area contributed by atoms with Gasteiger partial charge in [-0.2, -0.15) is 0 Å². The third-order valence-corrected chi connectivity index (χ3v) is 2.41. The summed E-state index contributed by atoms with van der Waals surface area (Å²) in [6, 6.07) is 8.81. The summed E-state index contributed by atoms with van der Waals surface area (Å²) in [5.41, 5.74) is 0.522. The van der Waals surface area contributed by atoms with Crippen molar-refractivity contribution in [2.24, 2.45) is 0 Å². The molecule has 0 spiro atoms. The Balaban J connectivity index is 2.06. The first-order chi connectivity index (χ1) is 8.66. The minimum atomic E-state index is -1.05. The van der Waals surface area contributed by atoms with Crippen LogP contribution in [0.25, 0.3) is 10.9 Å². The highest BCUT2D eigenvalue weighted by molar-refractivity contribution is 5.85. The Hall–Kier alpha value is -2.50. The van der Waals surface area contributed by atoms with E-state index in [2.05, 4.69) is 15.6 Å². The highest BCUT2D eigenvalue weighted by Crippen LogP contribution is 2.23. The second-order valence-corrected chi connectivity index (χ2v) is 3.70. The maximum absolute atomic E-state index is 10.2. The number of amides is 1. The fourth-order valence-electron chi connectivity index (χ4n) is 1.59. The van der Waals surface area contributed by atoms with E-state index in [0.29, 0.717) is 17.9 Å². The molecule has 1 heterocycles. The molecule has 0 aliphatic rings. The van der Waals surface area contributed by atoms with Crippen molar-refractivity contribution < 1.29 is 15.0 Å². The van der Waals surface area contributed by atoms with Crippen LogP contribution in [0.4, 0.5) is 10.6 Å². The Morgan fingerprint density at radius 1 is 1.22 bits per heavy atom. The van der Waals surface area contributed by atoms with Crippen LogP contribution in [0.2, 0.25) is 0 Å². The molecule has 0 aliphatic heterocycles. The molecule has 6 nitrogen and oxygen atoms in total. The van der Waals surface area contributed by atoms with Crippen molar-refractivity contribution in [1.29, 1.82) is 0 Å². The lowest BCUT2D eigenvalue weighted by atomic mass is 10.2. The van der Waals surface area contributed by atoms with Gasteiger partial charge in [0.1, 0.15) is 17.1 Å². The molecule has 1 amide bonds. The standard InChI is InChI=1S/C12H13N3O3/c16-9-3-1-2-8-4-5-10(15-11(8)9)13-6-7-14-12(17)18/h1-5,14,16H,6-7H2,(H,13,15)(H,17,18). The normalized spacial score (nSPS) is 10.2. The number of anilines is 1. The number of nitrogens with one attached hydrogen (secondary N) is 2. The van der Waals surface area contributed by atoms with E-state index < -0.39 is 6.09 Å².